The molecule has 32 heavy (non-hydrogen) atoms. The minimum atomic E-state index is -2.98. The van der Waals surface area contributed by atoms with E-state index in [-0.39, 0.29) is 37.8 Å². The molecule has 0 spiro atoms. The first-order chi connectivity index (χ1) is 15.1. The number of carbonyl (C=O) groups excluding carboxylic acids is 2. The smallest absolute Gasteiger partial charge is 0.282 e. The lowest BCUT2D eigenvalue weighted by Crippen LogP contribution is -2.27. The number of nitrogens with zero attached hydrogens (tertiary/aromatic N) is 3. The first-order valence-electron chi connectivity index (χ1n) is 8.52. The standard InChI is InChI=1S/C18H12Cl3F2N5O3S/c1-32(31)27-17(29)9-5-8(19)6-11(21)14(9)25-18(30)13-7-12(15(22)23)26-28(13)16-10(20)3-2-4-24-16/h2-7,15H,1H3,(H,25,30)(H,27,29). The zero-order valence-electron chi connectivity index (χ0n) is 15.9. The van der Waals surface area contributed by atoms with Crippen molar-refractivity contribution in [2.45, 2.75) is 6.43 Å². The number of rotatable bonds is 6. The van der Waals surface area contributed by atoms with Crippen molar-refractivity contribution in [2.75, 3.05) is 11.6 Å². The van der Waals surface area contributed by atoms with E-state index >= 15 is 0 Å². The molecule has 2 heterocycles. The minimum absolute atomic E-state index is 0.0560. The molecule has 3 aromatic rings. The molecule has 0 saturated heterocycles. The highest BCUT2D eigenvalue weighted by Gasteiger charge is 2.25. The summed E-state index contributed by atoms with van der Waals surface area (Å²) in [6.07, 6.45) is -0.412. The lowest BCUT2D eigenvalue weighted by molar-refractivity contribution is 0.0984. The van der Waals surface area contributed by atoms with Crippen LogP contribution < -0.4 is 10.0 Å². The van der Waals surface area contributed by atoms with Crippen LogP contribution in [0.15, 0.2) is 36.5 Å². The van der Waals surface area contributed by atoms with Crippen LogP contribution in [0.4, 0.5) is 14.5 Å². The van der Waals surface area contributed by atoms with E-state index in [1.165, 1.54) is 36.7 Å². The highest BCUT2D eigenvalue weighted by molar-refractivity contribution is 7.82. The summed E-state index contributed by atoms with van der Waals surface area (Å²) in [5.74, 6) is -1.84. The fourth-order valence-electron chi connectivity index (χ4n) is 2.61. The monoisotopic (exact) mass is 521 g/mol. The maximum Gasteiger partial charge on any atom is 0.282 e. The predicted molar refractivity (Wildman–Crippen MR) is 117 cm³/mol. The van der Waals surface area contributed by atoms with Crippen molar-refractivity contribution >= 4 is 63.3 Å². The third-order valence-corrected chi connectivity index (χ3v) is 5.18. The molecule has 168 valence electrons. The summed E-state index contributed by atoms with van der Waals surface area (Å²) in [5.41, 5.74) is -1.42. The van der Waals surface area contributed by atoms with Crippen molar-refractivity contribution in [1.29, 1.82) is 0 Å². The molecule has 14 heteroatoms. The molecule has 2 N–H and O–H groups in total. The highest BCUT2D eigenvalue weighted by atomic mass is 35.5. The summed E-state index contributed by atoms with van der Waals surface area (Å²) in [7, 11) is -1.72. The number of benzene rings is 1. The average Bonchev–Trinajstić information content (AvgIpc) is 3.15. The Morgan fingerprint density at radius 2 is 1.84 bits per heavy atom. The highest BCUT2D eigenvalue weighted by Crippen LogP contribution is 2.31. The number of amides is 2. The van der Waals surface area contributed by atoms with Crippen molar-refractivity contribution in [3.05, 3.63) is 68.5 Å². The van der Waals surface area contributed by atoms with E-state index in [0.717, 1.165) is 10.7 Å². The van der Waals surface area contributed by atoms with Gasteiger partial charge in [0.2, 0.25) is 0 Å². The Morgan fingerprint density at radius 3 is 2.47 bits per heavy atom. The SMILES string of the molecule is CS(=O)NC(=O)c1cc(Cl)cc(Cl)c1NC(=O)c1cc(C(F)F)nn1-c1ncccc1Cl. The van der Waals surface area contributed by atoms with Gasteiger partial charge in [-0.1, -0.05) is 34.8 Å². The van der Waals surface area contributed by atoms with Crippen LogP contribution in [0.5, 0.6) is 0 Å². The third-order valence-electron chi connectivity index (χ3n) is 3.90. The van der Waals surface area contributed by atoms with Gasteiger partial charge in [0.15, 0.2) is 5.82 Å². The second-order valence-electron chi connectivity index (χ2n) is 6.13. The molecule has 0 fully saturated rings. The molecule has 8 nitrogen and oxygen atoms in total. The second kappa shape index (κ2) is 9.90. The fraction of sp³-hybridized carbons (Fsp3) is 0.111. The lowest BCUT2D eigenvalue weighted by atomic mass is 10.1. The van der Waals surface area contributed by atoms with E-state index in [0.29, 0.717) is 0 Å². The van der Waals surface area contributed by atoms with Crippen molar-refractivity contribution in [3.63, 3.8) is 0 Å². The van der Waals surface area contributed by atoms with Gasteiger partial charge in [-0.25, -0.2) is 22.7 Å². The molecule has 2 amide bonds. The zero-order valence-corrected chi connectivity index (χ0v) is 19.0. The van der Waals surface area contributed by atoms with Gasteiger partial charge in [0.05, 0.1) is 21.3 Å². The topological polar surface area (TPSA) is 106 Å². The lowest BCUT2D eigenvalue weighted by Gasteiger charge is -2.14. The van der Waals surface area contributed by atoms with Gasteiger partial charge in [-0.15, -0.1) is 0 Å². The molecule has 0 bridgehead atoms. The Hall–Kier alpha value is -2.60. The van der Waals surface area contributed by atoms with Gasteiger partial charge in [-0.05, 0) is 30.3 Å². The number of halogens is 5. The number of pyridine rings is 1. The number of anilines is 1. The molecule has 0 aliphatic heterocycles. The predicted octanol–water partition coefficient (Wildman–Crippen LogP) is 4.44. The summed E-state index contributed by atoms with van der Waals surface area (Å²) in [5, 5.41) is 6.13. The Balaban J connectivity index is 2.08. The molecular weight excluding hydrogens is 511 g/mol. The summed E-state index contributed by atoms with van der Waals surface area (Å²) >= 11 is 18.2. The van der Waals surface area contributed by atoms with E-state index in [9.17, 15) is 22.6 Å². The second-order valence-corrected chi connectivity index (χ2v) is 8.49. The number of alkyl halides is 2. The Morgan fingerprint density at radius 1 is 1.12 bits per heavy atom. The van der Waals surface area contributed by atoms with E-state index in [1.54, 1.807) is 0 Å². The first kappa shape index (κ1) is 24.1. The first-order valence-corrected chi connectivity index (χ1v) is 11.2. The molecule has 1 atom stereocenters. The number of nitrogens with one attached hydrogen (secondary N) is 2. The summed E-state index contributed by atoms with van der Waals surface area (Å²) in [6.45, 7) is 0. The molecule has 0 saturated carbocycles. The molecule has 2 aromatic heterocycles. The van der Waals surface area contributed by atoms with Crippen molar-refractivity contribution < 1.29 is 22.6 Å². The maximum atomic E-state index is 13.3. The van der Waals surface area contributed by atoms with Crippen LogP contribution in [0, 0.1) is 0 Å². The van der Waals surface area contributed by atoms with Gasteiger partial charge in [-0.2, -0.15) is 5.10 Å². The average molecular weight is 523 g/mol. The Bertz CT molecular complexity index is 1240. The number of aromatic nitrogens is 3. The number of carbonyl (C=O) groups is 2. The van der Waals surface area contributed by atoms with Gasteiger partial charge >= 0.3 is 0 Å². The van der Waals surface area contributed by atoms with E-state index in [1.807, 2.05) is 0 Å². The normalized spacial score (nSPS) is 12.0. The molecule has 0 radical (unpaired) electrons. The van der Waals surface area contributed by atoms with E-state index in [2.05, 4.69) is 20.1 Å². The van der Waals surface area contributed by atoms with Crippen LogP contribution in [0.3, 0.4) is 0 Å². The van der Waals surface area contributed by atoms with Gasteiger partial charge in [0, 0.05) is 17.5 Å². The quantitative estimate of drug-likeness (QED) is 0.498. The van der Waals surface area contributed by atoms with Crippen LogP contribution in [-0.2, 0) is 11.0 Å². The Labute approximate surface area is 197 Å². The minimum Gasteiger partial charge on any atom is -0.319 e. The molecule has 0 aliphatic rings. The van der Waals surface area contributed by atoms with Gasteiger partial charge in [0.25, 0.3) is 18.2 Å². The fourth-order valence-corrected chi connectivity index (χ4v) is 3.72. The van der Waals surface area contributed by atoms with Crippen LogP contribution in [-0.4, -0.2) is 37.0 Å². The van der Waals surface area contributed by atoms with Gasteiger partial charge in [0.1, 0.15) is 22.4 Å². The maximum absolute atomic E-state index is 13.3. The molecule has 0 aliphatic carbocycles. The van der Waals surface area contributed by atoms with Crippen LogP contribution in [0.25, 0.3) is 5.82 Å². The van der Waals surface area contributed by atoms with Gasteiger partial charge in [-0.3, -0.25) is 14.3 Å². The third kappa shape index (κ3) is 5.23. The van der Waals surface area contributed by atoms with E-state index in [4.69, 9.17) is 34.8 Å². The van der Waals surface area contributed by atoms with Crippen LogP contribution in [0.2, 0.25) is 15.1 Å². The summed E-state index contributed by atoms with van der Waals surface area (Å²) in [6, 6.07) is 6.27. The summed E-state index contributed by atoms with van der Waals surface area (Å²) in [4.78, 5) is 29.4. The number of hydrogen-bond donors (Lipinski definition) is 2. The van der Waals surface area contributed by atoms with E-state index < -0.39 is 34.9 Å². The largest absolute Gasteiger partial charge is 0.319 e. The molecular formula is C18H12Cl3F2N5O3S. The van der Waals surface area contributed by atoms with Crippen LogP contribution in [0.1, 0.15) is 33.0 Å². The number of hydrogen-bond acceptors (Lipinski definition) is 5. The van der Waals surface area contributed by atoms with Gasteiger partial charge < -0.3 is 5.32 Å². The molecule has 3 rings (SSSR count). The summed E-state index contributed by atoms with van der Waals surface area (Å²) < 4.78 is 41.0. The van der Waals surface area contributed by atoms with Crippen LogP contribution >= 0.6 is 34.8 Å². The Kier molecular flexibility index (Phi) is 7.44. The van der Waals surface area contributed by atoms with Crippen molar-refractivity contribution in [3.8, 4) is 5.82 Å². The van der Waals surface area contributed by atoms with Crippen molar-refractivity contribution in [2.24, 2.45) is 0 Å². The van der Waals surface area contributed by atoms with Crippen molar-refractivity contribution in [1.82, 2.24) is 19.5 Å². The zero-order chi connectivity index (χ0) is 23.6. The molecule has 1 unspecified atom stereocenters. The molecule has 1 aromatic carbocycles.